The number of rotatable bonds is 8. The third kappa shape index (κ3) is 6.80. The summed E-state index contributed by atoms with van der Waals surface area (Å²) in [4.78, 5) is 25.4. The first kappa shape index (κ1) is 22.8. The minimum Gasteiger partial charge on any atom is -0.345 e. The maximum Gasteiger partial charge on any atom is 0.279 e. The van der Waals surface area contributed by atoms with E-state index in [2.05, 4.69) is 10.6 Å². The minimum atomic E-state index is -0.714. The van der Waals surface area contributed by atoms with Gasteiger partial charge in [0.1, 0.15) is 11.6 Å². The lowest BCUT2D eigenvalue weighted by atomic mass is 10.1. The Kier molecular flexibility index (Phi) is 8.10. The number of quaternary nitrogens is 1. The largest absolute Gasteiger partial charge is 0.345 e. The highest BCUT2D eigenvalue weighted by Gasteiger charge is 2.20. The van der Waals surface area contributed by atoms with Crippen LogP contribution in [-0.4, -0.2) is 31.4 Å². The van der Waals surface area contributed by atoms with Gasteiger partial charge in [-0.05, 0) is 44.5 Å². The molecule has 0 aromatic heterocycles. The van der Waals surface area contributed by atoms with Gasteiger partial charge in [-0.1, -0.05) is 23.7 Å². The van der Waals surface area contributed by atoms with Crippen LogP contribution in [-0.2, 0) is 9.59 Å². The van der Waals surface area contributed by atoms with Crippen LogP contribution in [0.3, 0.4) is 0 Å². The second-order valence-electron chi connectivity index (χ2n) is 6.92. The molecule has 0 bridgehead atoms. The molecule has 0 aliphatic heterocycles. The fourth-order valence-electron chi connectivity index (χ4n) is 2.91. The average Bonchev–Trinajstić information content (AvgIpc) is 2.63. The number of anilines is 1. The second kappa shape index (κ2) is 10.3. The van der Waals surface area contributed by atoms with E-state index in [9.17, 15) is 18.4 Å². The van der Waals surface area contributed by atoms with Crippen molar-refractivity contribution < 1.29 is 23.3 Å². The van der Waals surface area contributed by atoms with Crippen LogP contribution in [0, 0.1) is 18.6 Å². The van der Waals surface area contributed by atoms with Gasteiger partial charge < -0.3 is 15.5 Å². The molecule has 1 unspecified atom stereocenters. The van der Waals surface area contributed by atoms with Gasteiger partial charge in [0.25, 0.3) is 11.8 Å². The van der Waals surface area contributed by atoms with E-state index in [1.165, 1.54) is 6.07 Å². The van der Waals surface area contributed by atoms with E-state index in [0.29, 0.717) is 17.3 Å². The van der Waals surface area contributed by atoms with Crippen LogP contribution in [0.15, 0.2) is 36.4 Å². The summed E-state index contributed by atoms with van der Waals surface area (Å²) in [7, 11) is 0. The van der Waals surface area contributed by atoms with Crippen LogP contribution in [0.4, 0.5) is 14.5 Å². The third-order valence-corrected chi connectivity index (χ3v) is 4.84. The van der Waals surface area contributed by atoms with Crippen molar-refractivity contribution in [2.45, 2.75) is 26.8 Å². The lowest BCUT2D eigenvalue weighted by Gasteiger charge is -2.20. The standard InChI is InChI=1S/C21H24ClF2N3O2/c1-4-27(12-21(29)26-19-9-15(22)6-5-13(19)2)11-20(28)25-14(3)17-8-7-16(23)10-18(17)24/h5-10,14H,4,11-12H2,1-3H3,(H,25,28)(H,26,29)/p+1/t14-/m0/s1. The molecule has 156 valence electrons. The Balaban J connectivity index is 1.91. The molecule has 0 spiro atoms. The van der Waals surface area contributed by atoms with Crippen molar-refractivity contribution in [1.82, 2.24) is 5.32 Å². The van der Waals surface area contributed by atoms with Crippen molar-refractivity contribution in [1.29, 1.82) is 0 Å². The number of nitrogens with one attached hydrogen (secondary N) is 3. The SMILES string of the molecule is CC[NH+](CC(=O)Nc1cc(Cl)ccc1C)CC(=O)N[C@@H](C)c1ccc(F)cc1F. The number of likely N-dealkylation sites (N-methyl/N-ethyl adjacent to an activating group) is 1. The Hall–Kier alpha value is -2.51. The topological polar surface area (TPSA) is 62.6 Å². The lowest BCUT2D eigenvalue weighted by Crippen LogP contribution is -3.14. The van der Waals surface area contributed by atoms with Gasteiger partial charge in [-0.25, -0.2) is 8.78 Å². The first-order valence-corrected chi connectivity index (χ1v) is 9.71. The highest BCUT2D eigenvalue weighted by Crippen LogP contribution is 2.20. The van der Waals surface area contributed by atoms with Gasteiger partial charge in [0.05, 0.1) is 12.6 Å². The summed E-state index contributed by atoms with van der Waals surface area (Å²) in [5.74, 6) is -1.96. The zero-order chi connectivity index (χ0) is 21.6. The molecule has 3 N–H and O–H groups in total. The molecule has 8 heteroatoms. The Morgan fingerprint density at radius 3 is 2.45 bits per heavy atom. The van der Waals surface area contributed by atoms with E-state index in [1.807, 2.05) is 19.9 Å². The number of hydrogen-bond donors (Lipinski definition) is 3. The van der Waals surface area contributed by atoms with Crippen LogP contribution in [0.5, 0.6) is 0 Å². The number of amides is 2. The summed E-state index contributed by atoms with van der Waals surface area (Å²) in [5.41, 5.74) is 1.71. The van der Waals surface area contributed by atoms with E-state index in [0.717, 1.165) is 22.6 Å². The molecule has 0 heterocycles. The van der Waals surface area contributed by atoms with Gasteiger partial charge in [-0.15, -0.1) is 0 Å². The Morgan fingerprint density at radius 2 is 1.79 bits per heavy atom. The van der Waals surface area contributed by atoms with Crippen molar-refractivity contribution in [3.8, 4) is 0 Å². The Bertz CT molecular complexity index is 892. The molecule has 0 aliphatic carbocycles. The number of carbonyl (C=O) groups excluding carboxylic acids is 2. The third-order valence-electron chi connectivity index (χ3n) is 4.60. The van der Waals surface area contributed by atoms with Crippen molar-refractivity contribution in [2.24, 2.45) is 0 Å². The van der Waals surface area contributed by atoms with E-state index in [1.54, 1.807) is 19.1 Å². The number of hydrogen-bond acceptors (Lipinski definition) is 2. The summed E-state index contributed by atoms with van der Waals surface area (Å²) < 4.78 is 26.9. The molecular weight excluding hydrogens is 400 g/mol. The van der Waals surface area contributed by atoms with Gasteiger partial charge >= 0.3 is 0 Å². The van der Waals surface area contributed by atoms with Gasteiger partial charge in [0.15, 0.2) is 13.1 Å². The molecule has 2 rings (SSSR count). The molecule has 2 aromatic rings. The number of halogens is 3. The summed E-state index contributed by atoms with van der Waals surface area (Å²) >= 11 is 5.96. The van der Waals surface area contributed by atoms with Gasteiger partial charge in [-0.3, -0.25) is 9.59 Å². The zero-order valence-electron chi connectivity index (χ0n) is 16.6. The molecule has 5 nitrogen and oxygen atoms in total. The summed E-state index contributed by atoms with van der Waals surface area (Å²) in [6, 6.07) is 7.84. The number of benzene rings is 2. The second-order valence-corrected chi connectivity index (χ2v) is 7.36. The van der Waals surface area contributed by atoms with Crippen molar-refractivity contribution in [3.63, 3.8) is 0 Å². The van der Waals surface area contributed by atoms with E-state index >= 15 is 0 Å². The maximum absolute atomic E-state index is 13.9. The van der Waals surface area contributed by atoms with Crippen molar-refractivity contribution >= 4 is 29.1 Å². The highest BCUT2D eigenvalue weighted by molar-refractivity contribution is 6.31. The quantitative estimate of drug-likeness (QED) is 0.610. The minimum absolute atomic E-state index is 0.0472. The van der Waals surface area contributed by atoms with Crippen LogP contribution in [0.25, 0.3) is 0 Å². The lowest BCUT2D eigenvalue weighted by molar-refractivity contribution is -0.881. The Morgan fingerprint density at radius 1 is 1.10 bits per heavy atom. The van der Waals surface area contributed by atoms with Gasteiger partial charge in [0.2, 0.25) is 0 Å². The van der Waals surface area contributed by atoms with Gasteiger partial charge in [0, 0.05) is 22.3 Å². The number of carbonyl (C=O) groups is 2. The normalized spacial score (nSPS) is 12.9. The molecule has 2 atom stereocenters. The highest BCUT2D eigenvalue weighted by atomic mass is 35.5. The Labute approximate surface area is 174 Å². The van der Waals surface area contributed by atoms with Crippen molar-refractivity contribution in [3.05, 3.63) is 64.2 Å². The molecule has 0 saturated carbocycles. The molecular formula is C21H25ClF2N3O2+. The van der Waals surface area contributed by atoms with Crippen molar-refractivity contribution in [2.75, 3.05) is 25.0 Å². The summed E-state index contributed by atoms with van der Waals surface area (Å²) in [6.45, 7) is 6.04. The van der Waals surface area contributed by atoms with Crippen LogP contribution in [0.1, 0.15) is 31.0 Å². The maximum atomic E-state index is 13.9. The molecule has 0 aliphatic rings. The van der Waals surface area contributed by atoms with E-state index < -0.39 is 17.7 Å². The summed E-state index contributed by atoms with van der Waals surface area (Å²) in [6.07, 6.45) is 0. The number of aryl methyl sites for hydroxylation is 1. The smallest absolute Gasteiger partial charge is 0.279 e. The van der Waals surface area contributed by atoms with Crippen LogP contribution >= 0.6 is 11.6 Å². The fraction of sp³-hybridized carbons (Fsp3) is 0.333. The molecule has 0 saturated heterocycles. The molecule has 0 fully saturated rings. The monoisotopic (exact) mass is 424 g/mol. The first-order chi connectivity index (χ1) is 13.7. The summed E-state index contributed by atoms with van der Waals surface area (Å²) in [5, 5.41) is 6.02. The van der Waals surface area contributed by atoms with Crippen LogP contribution < -0.4 is 15.5 Å². The van der Waals surface area contributed by atoms with E-state index in [4.69, 9.17) is 11.6 Å². The predicted molar refractivity (Wildman–Crippen MR) is 109 cm³/mol. The molecule has 0 radical (unpaired) electrons. The zero-order valence-corrected chi connectivity index (χ0v) is 17.4. The van der Waals surface area contributed by atoms with Gasteiger partial charge in [-0.2, -0.15) is 0 Å². The first-order valence-electron chi connectivity index (χ1n) is 9.33. The van der Waals surface area contributed by atoms with E-state index in [-0.39, 0.29) is 30.5 Å². The van der Waals surface area contributed by atoms with Crippen LogP contribution in [0.2, 0.25) is 5.02 Å². The predicted octanol–water partition coefficient (Wildman–Crippen LogP) is 2.65. The fourth-order valence-corrected chi connectivity index (χ4v) is 3.08. The molecule has 29 heavy (non-hydrogen) atoms. The average molecular weight is 425 g/mol. The molecule has 2 amide bonds. The molecule has 2 aromatic carbocycles.